The minimum atomic E-state index is -0.857. The Morgan fingerprint density at radius 3 is 2.19 bits per heavy atom. The number of hydrogen-bond donors (Lipinski definition) is 1. The number of benzene rings is 3. The van der Waals surface area contributed by atoms with E-state index in [1.54, 1.807) is 0 Å². The molecule has 0 unspecified atom stereocenters. The molecule has 3 aromatic rings. The first kappa shape index (κ1) is 35.6. The number of nitrogens with zero attached hydrogens (tertiary/aromatic N) is 1. The average Bonchev–Trinajstić information content (AvgIpc) is 3.65. The van der Waals surface area contributed by atoms with Crippen LogP contribution in [0.1, 0.15) is 86.9 Å². The van der Waals surface area contributed by atoms with E-state index in [0.29, 0.717) is 50.4 Å². The quantitative estimate of drug-likeness (QED) is 0.160. The van der Waals surface area contributed by atoms with Crippen molar-refractivity contribution < 1.29 is 28.9 Å². The van der Waals surface area contributed by atoms with Crippen molar-refractivity contribution in [3.8, 4) is 11.5 Å². The van der Waals surface area contributed by atoms with Gasteiger partial charge >= 0.3 is 5.97 Å². The molecular weight excluding hydrogens is 602 g/mol. The average molecular weight is 656 g/mol. The Labute approximate surface area is 286 Å². The second-order valence-corrected chi connectivity index (χ2v) is 14.6. The highest BCUT2D eigenvalue weighted by molar-refractivity contribution is 5.84. The number of aliphatic carboxylic acids is 1. The number of likely N-dealkylation sites (tertiary alicyclic amines) is 1. The van der Waals surface area contributed by atoms with Gasteiger partial charge < -0.3 is 19.3 Å². The van der Waals surface area contributed by atoms with Crippen molar-refractivity contribution in [2.75, 3.05) is 32.9 Å². The third-order valence-electron chi connectivity index (χ3n) is 9.43. The summed E-state index contributed by atoms with van der Waals surface area (Å²) < 4.78 is 17.2. The fourth-order valence-corrected chi connectivity index (χ4v) is 7.43. The smallest absolute Gasteiger partial charge is 0.309 e. The summed E-state index contributed by atoms with van der Waals surface area (Å²) in [6.45, 7) is 15.0. The molecule has 2 aliphatic rings. The maximum Gasteiger partial charge on any atom is 0.309 e. The van der Waals surface area contributed by atoms with Crippen LogP contribution in [0.5, 0.6) is 11.5 Å². The van der Waals surface area contributed by atoms with Crippen LogP contribution in [0.3, 0.4) is 0 Å². The standard InChI is InChI=1S/C41H53NO6/c1-26(2)20-30-8-7-9-31(21-27(3)4)36(30)23-34(43)24-42-25-37(32-12-15-38-33(22-32)16-17-48-38)39(41(44)45)40(42)29-10-13-35(14-11-29)47-19-18-46-28(5)6/h7-15,22,26-28,37,39-40H,16-21,23-25H2,1-6H3,(H,44,45)/t37-,39-,40+/m1/s1. The number of Topliss-reactive ketones (excluding diaryl/α,β-unsaturated/α-hetero) is 1. The lowest BCUT2D eigenvalue weighted by molar-refractivity contribution is -0.143. The van der Waals surface area contributed by atoms with Crippen molar-refractivity contribution in [3.63, 3.8) is 0 Å². The molecule has 5 rings (SSSR count). The Morgan fingerprint density at radius 2 is 1.56 bits per heavy atom. The van der Waals surface area contributed by atoms with E-state index in [1.165, 1.54) is 11.1 Å². The zero-order chi connectivity index (χ0) is 34.4. The van der Waals surface area contributed by atoms with Crippen LogP contribution in [0.15, 0.2) is 60.7 Å². The molecule has 0 spiro atoms. The molecule has 2 heterocycles. The van der Waals surface area contributed by atoms with Gasteiger partial charge in [0.2, 0.25) is 0 Å². The fraction of sp³-hybridized carbons (Fsp3) is 0.512. The van der Waals surface area contributed by atoms with E-state index in [0.717, 1.165) is 47.3 Å². The molecule has 0 aromatic heterocycles. The number of ether oxygens (including phenoxy) is 3. The van der Waals surface area contributed by atoms with Gasteiger partial charge in [0.05, 0.1) is 31.8 Å². The Hall–Kier alpha value is -3.68. The predicted octanol–water partition coefficient (Wildman–Crippen LogP) is 7.48. The molecule has 3 atom stereocenters. The Morgan fingerprint density at radius 1 is 0.896 bits per heavy atom. The number of fused-ring (bicyclic) bond motifs is 1. The molecule has 1 saturated heterocycles. The Bertz CT molecular complexity index is 1520. The minimum absolute atomic E-state index is 0.110. The lowest BCUT2D eigenvalue weighted by atomic mass is 9.82. The number of hydrogen-bond acceptors (Lipinski definition) is 6. The van der Waals surface area contributed by atoms with E-state index >= 15 is 0 Å². The van der Waals surface area contributed by atoms with Crippen LogP contribution in [0.2, 0.25) is 0 Å². The molecule has 0 bridgehead atoms. The van der Waals surface area contributed by atoms with Gasteiger partial charge in [-0.25, -0.2) is 0 Å². The van der Waals surface area contributed by atoms with E-state index in [-0.39, 0.29) is 24.3 Å². The van der Waals surface area contributed by atoms with E-state index in [4.69, 9.17) is 14.2 Å². The molecule has 0 radical (unpaired) electrons. The number of carbonyl (C=O) groups is 2. The summed E-state index contributed by atoms with van der Waals surface area (Å²) in [5.74, 6) is 0.769. The van der Waals surface area contributed by atoms with Crippen LogP contribution >= 0.6 is 0 Å². The monoisotopic (exact) mass is 655 g/mol. The van der Waals surface area contributed by atoms with Crippen molar-refractivity contribution in [2.45, 2.75) is 85.3 Å². The Kier molecular flexibility index (Phi) is 12.0. The third-order valence-corrected chi connectivity index (χ3v) is 9.43. The first-order chi connectivity index (χ1) is 23.0. The summed E-state index contributed by atoms with van der Waals surface area (Å²) in [5.41, 5.74) is 6.60. The zero-order valence-corrected chi connectivity index (χ0v) is 29.5. The van der Waals surface area contributed by atoms with Crippen LogP contribution in [0, 0.1) is 17.8 Å². The summed E-state index contributed by atoms with van der Waals surface area (Å²) >= 11 is 0. The van der Waals surface area contributed by atoms with Gasteiger partial charge in [-0.2, -0.15) is 0 Å². The number of rotatable bonds is 16. The van der Waals surface area contributed by atoms with Crippen LogP contribution in [0.4, 0.5) is 0 Å². The van der Waals surface area contributed by atoms with Gasteiger partial charge in [0.25, 0.3) is 0 Å². The topological polar surface area (TPSA) is 85.3 Å². The van der Waals surface area contributed by atoms with Gasteiger partial charge in [0, 0.05) is 31.3 Å². The maximum absolute atomic E-state index is 14.1. The number of carboxylic acids is 1. The predicted molar refractivity (Wildman–Crippen MR) is 189 cm³/mol. The van der Waals surface area contributed by atoms with Gasteiger partial charge in [-0.05, 0) is 90.1 Å². The van der Waals surface area contributed by atoms with E-state index in [1.807, 2.05) is 50.2 Å². The normalized spacial score (nSPS) is 19.2. The molecule has 3 aromatic carbocycles. The fourth-order valence-electron chi connectivity index (χ4n) is 7.43. The van der Waals surface area contributed by atoms with Crippen molar-refractivity contribution in [3.05, 3.63) is 94.0 Å². The molecule has 1 N–H and O–H groups in total. The highest BCUT2D eigenvalue weighted by Gasteiger charge is 2.48. The van der Waals surface area contributed by atoms with Crippen LogP contribution in [-0.2, 0) is 40.0 Å². The second-order valence-electron chi connectivity index (χ2n) is 14.6. The first-order valence-electron chi connectivity index (χ1n) is 17.7. The summed E-state index contributed by atoms with van der Waals surface area (Å²) in [6.07, 6.45) is 3.14. The summed E-state index contributed by atoms with van der Waals surface area (Å²) in [6, 6.07) is 19.8. The highest BCUT2D eigenvalue weighted by atomic mass is 16.5. The van der Waals surface area contributed by atoms with Gasteiger partial charge in [-0.15, -0.1) is 0 Å². The van der Waals surface area contributed by atoms with Crippen LogP contribution in [-0.4, -0.2) is 60.8 Å². The molecule has 48 heavy (non-hydrogen) atoms. The Balaban J connectivity index is 1.44. The van der Waals surface area contributed by atoms with Crippen molar-refractivity contribution in [1.29, 1.82) is 0 Å². The summed E-state index contributed by atoms with van der Waals surface area (Å²) in [7, 11) is 0. The first-order valence-corrected chi connectivity index (χ1v) is 17.7. The van der Waals surface area contributed by atoms with Gasteiger partial charge in [-0.3, -0.25) is 14.5 Å². The third kappa shape index (κ3) is 8.86. The lowest BCUT2D eigenvalue weighted by Gasteiger charge is -2.27. The van der Waals surface area contributed by atoms with Gasteiger partial charge in [0.1, 0.15) is 18.1 Å². The van der Waals surface area contributed by atoms with Crippen molar-refractivity contribution in [1.82, 2.24) is 4.90 Å². The SMILES string of the molecule is CC(C)Cc1cccc(CC(C)C)c1CC(=O)CN1C[C@H](c2ccc3c(c2)CCO3)[C@@H](C(=O)O)[C@@H]1c1ccc(OCCOC(C)C)cc1. The molecule has 1 fully saturated rings. The van der Waals surface area contributed by atoms with Crippen molar-refractivity contribution in [2.24, 2.45) is 17.8 Å². The molecule has 2 aliphatic heterocycles. The minimum Gasteiger partial charge on any atom is -0.493 e. The number of carboxylic acid groups (broad SMARTS) is 1. The number of carbonyl (C=O) groups excluding carboxylic acids is 1. The highest BCUT2D eigenvalue weighted by Crippen LogP contribution is 2.47. The summed E-state index contributed by atoms with van der Waals surface area (Å²) in [4.78, 5) is 29.4. The maximum atomic E-state index is 14.1. The zero-order valence-electron chi connectivity index (χ0n) is 29.5. The molecule has 7 nitrogen and oxygen atoms in total. The number of ketones is 1. The van der Waals surface area contributed by atoms with Gasteiger partial charge in [0.15, 0.2) is 5.78 Å². The van der Waals surface area contributed by atoms with Crippen LogP contribution in [0.25, 0.3) is 0 Å². The molecule has 7 heteroatoms. The largest absolute Gasteiger partial charge is 0.493 e. The van der Waals surface area contributed by atoms with Crippen molar-refractivity contribution >= 4 is 11.8 Å². The van der Waals surface area contributed by atoms with E-state index in [2.05, 4.69) is 56.9 Å². The molecular formula is C41H53NO6. The molecule has 0 aliphatic carbocycles. The second kappa shape index (κ2) is 16.1. The van der Waals surface area contributed by atoms with E-state index < -0.39 is 17.9 Å². The molecule has 258 valence electrons. The van der Waals surface area contributed by atoms with Crippen LogP contribution < -0.4 is 9.47 Å². The van der Waals surface area contributed by atoms with E-state index in [9.17, 15) is 14.7 Å². The summed E-state index contributed by atoms with van der Waals surface area (Å²) in [5, 5.41) is 10.8. The molecule has 0 amide bonds. The van der Waals surface area contributed by atoms with Gasteiger partial charge in [-0.1, -0.05) is 70.2 Å². The lowest BCUT2D eigenvalue weighted by Crippen LogP contribution is -2.33. The molecule has 0 saturated carbocycles.